The van der Waals surface area contributed by atoms with E-state index in [0.717, 1.165) is 39.8 Å². The van der Waals surface area contributed by atoms with Gasteiger partial charge in [0.25, 0.3) is 5.56 Å². The summed E-state index contributed by atoms with van der Waals surface area (Å²) in [6.07, 6.45) is 4.77. The van der Waals surface area contributed by atoms with E-state index in [2.05, 4.69) is 20.9 Å². The number of aromatic nitrogens is 3. The molecule has 0 bridgehead atoms. The Hall–Kier alpha value is -4.32. The molecule has 1 amide bonds. The van der Waals surface area contributed by atoms with Crippen molar-refractivity contribution in [1.29, 1.82) is 0 Å². The lowest BCUT2D eigenvalue weighted by Crippen LogP contribution is -2.35. The molecule has 49 heavy (non-hydrogen) atoms. The minimum Gasteiger partial charge on any atom is -0.481 e. The van der Waals surface area contributed by atoms with Gasteiger partial charge in [0.2, 0.25) is 11.8 Å². The Balaban J connectivity index is 1.24. The van der Waals surface area contributed by atoms with Gasteiger partial charge in [-0.05, 0) is 37.1 Å². The Kier molecular flexibility index (Phi) is 10.9. The molecule has 1 fully saturated rings. The second-order valence-corrected chi connectivity index (χ2v) is 12.8. The van der Waals surface area contributed by atoms with Crippen LogP contribution in [0.25, 0.3) is 39.2 Å². The van der Waals surface area contributed by atoms with Gasteiger partial charge < -0.3 is 25.4 Å². The molecule has 3 N–H and O–H groups in total. The highest BCUT2D eigenvalue weighted by Crippen LogP contribution is 2.42. The number of hydrogen-bond donors (Lipinski definition) is 3. The third-order valence-corrected chi connectivity index (χ3v) is 9.54. The van der Waals surface area contributed by atoms with E-state index in [4.69, 9.17) is 37.7 Å². The van der Waals surface area contributed by atoms with Gasteiger partial charge in [-0.25, -0.2) is 9.97 Å². The number of fused-ring (bicyclic) bond motifs is 1. The summed E-state index contributed by atoms with van der Waals surface area (Å²) < 4.78 is 12.4. The zero-order valence-electron chi connectivity index (χ0n) is 27.6. The number of rotatable bonds is 13. The van der Waals surface area contributed by atoms with Crippen molar-refractivity contribution < 1.29 is 14.3 Å². The maximum absolute atomic E-state index is 13.2. The van der Waals surface area contributed by atoms with Crippen LogP contribution in [0.1, 0.15) is 30.9 Å². The van der Waals surface area contributed by atoms with Crippen molar-refractivity contribution in [3.8, 4) is 39.4 Å². The van der Waals surface area contributed by atoms with Gasteiger partial charge in [-0.15, -0.1) is 0 Å². The van der Waals surface area contributed by atoms with E-state index in [0.29, 0.717) is 65.4 Å². The third-order valence-electron chi connectivity index (χ3n) is 8.73. The molecule has 0 spiro atoms. The van der Waals surface area contributed by atoms with Crippen LogP contribution in [0.15, 0.2) is 77.9 Å². The number of methoxy groups -OCH3 is 2. The maximum Gasteiger partial charge on any atom is 0.262 e. The Labute approximate surface area is 294 Å². The van der Waals surface area contributed by atoms with Crippen LogP contribution in [0.4, 0.5) is 0 Å². The molecule has 2 aromatic carbocycles. The predicted molar refractivity (Wildman–Crippen MR) is 193 cm³/mol. The monoisotopic (exact) mass is 700 g/mol. The first-order valence-corrected chi connectivity index (χ1v) is 16.9. The Morgan fingerprint density at radius 1 is 0.939 bits per heavy atom. The van der Waals surface area contributed by atoms with Crippen molar-refractivity contribution in [3.63, 3.8) is 0 Å². The van der Waals surface area contributed by atoms with Crippen molar-refractivity contribution >= 4 is 34.8 Å². The molecule has 12 heteroatoms. The summed E-state index contributed by atoms with van der Waals surface area (Å²) in [6, 6.07) is 19.3. The number of pyridine rings is 2. The number of benzene rings is 2. The highest BCUT2D eigenvalue weighted by Gasteiger charge is 2.21. The largest absolute Gasteiger partial charge is 0.481 e. The van der Waals surface area contributed by atoms with Crippen molar-refractivity contribution in [3.05, 3.63) is 105 Å². The number of amides is 1. The number of carbonyl (C=O) groups is 1. The van der Waals surface area contributed by atoms with Gasteiger partial charge in [-0.1, -0.05) is 65.7 Å². The molecule has 3 aromatic heterocycles. The highest BCUT2D eigenvalue weighted by molar-refractivity contribution is 6.39. The van der Waals surface area contributed by atoms with Crippen LogP contribution >= 0.6 is 23.2 Å². The zero-order chi connectivity index (χ0) is 34.5. The minimum atomic E-state index is -0.133. The summed E-state index contributed by atoms with van der Waals surface area (Å²) in [5, 5.41) is 10.6. The van der Waals surface area contributed by atoms with E-state index in [9.17, 15) is 9.59 Å². The summed E-state index contributed by atoms with van der Waals surface area (Å²) in [7, 11) is 3.25. The molecule has 1 aliphatic rings. The predicted octanol–water partition coefficient (Wildman–Crippen LogP) is 5.90. The number of ether oxygens (including phenoxy) is 2. The third kappa shape index (κ3) is 7.64. The first kappa shape index (κ1) is 34.5. The molecule has 0 aliphatic carbocycles. The van der Waals surface area contributed by atoms with Gasteiger partial charge >= 0.3 is 0 Å². The topological polar surface area (TPSA) is 119 Å². The molecule has 2 atom stereocenters. The molecule has 4 heterocycles. The Morgan fingerprint density at radius 2 is 1.65 bits per heavy atom. The fraction of sp³-hybridized carbons (Fsp3) is 0.297. The van der Waals surface area contributed by atoms with Crippen LogP contribution in [-0.2, 0) is 22.6 Å². The van der Waals surface area contributed by atoms with Crippen LogP contribution in [0.5, 0.6) is 5.88 Å². The van der Waals surface area contributed by atoms with Crippen LogP contribution in [-0.4, -0.2) is 59.7 Å². The van der Waals surface area contributed by atoms with Crippen molar-refractivity contribution in [2.45, 2.75) is 45.0 Å². The SMILES string of the molecule is COc1nc(-c2cccc(-c3cccc(-c4ccn5c(=O)c(CNCC(C)OC)cnc5c4)c3Cl)c2Cl)ccc1CNC[C@@H]1CCC(=O)N1. The number of halogens is 2. The minimum absolute atomic E-state index is 0.0381. The molecule has 5 aromatic rings. The Morgan fingerprint density at radius 3 is 2.37 bits per heavy atom. The Bertz CT molecular complexity index is 2050. The first-order chi connectivity index (χ1) is 23.8. The van der Waals surface area contributed by atoms with Gasteiger partial charge in [-0.2, -0.15) is 0 Å². The number of nitrogens with one attached hydrogen (secondary N) is 3. The molecule has 10 nitrogen and oxygen atoms in total. The molecule has 0 saturated carbocycles. The van der Waals surface area contributed by atoms with Gasteiger partial charge in [-0.3, -0.25) is 14.0 Å². The quantitative estimate of drug-likeness (QED) is 0.139. The maximum atomic E-state index is 13.2. The molecule has 254 valence electrons. The lowest BCUT2D eigenvalue weighted by Gasteiger charge is -2.16. The number of nitrogens with zero attached hydrogens (tertiary/aromatic N) is 3. The van der Waals surface area contributed by atoms with E-state index >= 15 is 0 Å². The van der Waals surface area contributed by atoms with Gasteiger partial charge in [0, 0.05) is 91.5 Å². The second-order valence-electron chi connectivity index (χ2n) is 12.0. The summed E-state index contributed by atoms with van der Waals surface area (Å²) in [4.78, 5) is 34.0. The summed E-state index contributed by atoms with van der Waals surface area (Å²) >= 11 is 14.2. The molecular formula is C37H38Cl2N6O4. The van der Waals surface area contributed by atoms with Crippen molar-refractivity contribution in [2.24, 2.45) is 0 Å². The van der Waals surface area contributed by atoms with Gasteiger partial charge in [0.05, 0.1) is 29.0 Å². The second kappa shape index (κ2) is 15.5. The summed E-state index contributed by atoms with van der Waals surface area (Å²) in [5.41, 5.74) is 6.36. The summed E-state index contributed by atoms with van der Waals surface area (Å²) in [5.74, 6) is 0.591. The van der Waals surface area contributed by atoms with Crippen LogP contribution in [0.2, 0.25) is 10.0 Å². The molecular weight excluding hydrogens is 663 g/mol. The van der Waals surface area contributed by atoms with E-state index in [1.165, 1.54) is 4.40 Å². The molecule has 1 saturated heterocycles. The average Bonchev–Trinajstić information content (AvgIpc) is 3.54. The fourth-order valence-corrected chi connectivity index (χ4v) is 6.60. The molecule has 0 radical (unpaired) electrons. The molecule has 6 rings (SSSR count). The smallest absolute Gasteiger partial charge is 0.262 e. The molecule has 1 unspecified atom stereocenters. The van der Waals surface area contributed by atoms with Crippen LogP contribution in [0.3, 0.4) is 0 Å². The van der Waals surface area contributed by atoms with E-state index in [1.54, 1.807) is 26.6 Å². The number of carbonyl (C=O) groups excluding carboxylic acids is 1. The lowest BCUT2D eigenvalue weighted by atomic mass is 9.97. The lowest BCUT2D eigenvalue weighted by molar-refractivity contribution is -0.119. The van der Waals surface area contributed by atoms with Crippen LogP contribution < -0.4 is 26.2 Å². The summed E-state index contributed by atoms with van der Waals surface area (Å²) in [6.45, 7) is 4.19. The van der Waals surface area contributed by atoms with E-state index in [1.807, 2.05) is 67.6 Å². The standard InChI is InChI=1S/C37H38Cl2N6O4/c1-22(48-2)17-40-19-25-20-42-32-16-23(14-15-45(32)37(25)47)27-6-4-7-28(34(27)38)29-8-5-9-30(35(29)39)31-12-10-24(36(44-31)49-3)18-41-21-26-11-13-33(46)43-26/h4-10,12,14-16,20,22,26,40-41H,11,13,17-19,21H2,1-3H3,(H,43,46)/t22?,26-/m0/s1. The highest BCUT2D eigenvalue weighted by atomic mass is 35.5. The van der Waals surface area contributed by atoms with Crippen molar-refractivity contribution in [1.82, 2.24) is 30.3 Å². The fourth-order valence-electron chi connectivity index (χ4n) is 5.94. The van der Waals surface area contributed by atoms with Crippen LogP contribution in [0, 0.1) is 0 Å². The average molecular weight is 702 g/mol. The van der Waals surface area contributed by atoms with E-state index in [-0.39, 0.29) is 23.6 Å². The molecule has 1 aliphatic heterocycles. The van der Waals surface area contributed by atoms with Crippen molar-refractivity contribution in [2.75, 3.05) is 27.3 Å². The normalized spacial score (nSPS) is 15.0. The number of hydrogen-bond acceptors (Lipinski definition) is 8. The van der Waals surface area contributed by atoms with Gasteiger partial charge in [0.1, 0.15) is 5.65 Å². The zero-order valence-corrected chi connectivity index (χ0v) is 29.1. The first-order valence-electron chi connectivity index (χ1n) is 16.1. The van der Waals surface area contributed by atoms with Gasteiger partial charge in [0.15, 0.2) is 0 Å². The van der Waals surface area contributed by atoms with E-state index < -0.39 is 0 Å².